The average Bonchev–Trinajstić information content (AvgIpc) is 2.86. The second-order valence-electron chi connectivity index (χ2n) is 6.64. The van der Waals surface area contributed by atoms with Crippen molar-refractivity contribution in [3.8, 4) is 23.0 Å². The van der Waals surface area contributed by atoms with Gasteiger partial charge in [-0.2, -0.15) is 0 Å². The van der Waals surface area contributed by atoms with Crippen molar-refractivity contribution in [2.45, 2.75) is 0 Å². The van der Waals surface area contributed by atoms with Gasteiger partial charge in [0.2, 0.25) is 0 Å². The summed E-state index contributed by atoms with van der Waals surface area (Å²) in [5, 5.41) is 0. The topological polar surface area (TPSA) is 149 Å². The molecule has 13 heteroatoms. The van der Waals surface area contributed by atoms with E-state index in [0.717, 1.165) is 0 Å². The molecule has 0 aromatic heterocycles. The zero-order valence-corrected chi connectivity index (χ0v) is 21.8. The lowest BCUT2D eigenvalue weighted by Gasteiger charge is -2.13. The monoisotopic (exact) mass is 564 g/mol. The van der Waals surface area contributed by atoms with E-state index in [1.807, 2.05) is 0 Å². The van der Waals surface area contributed by atoms with Gasteiger partial charge >= 0.3 is 24.3 Å². The van der Waals surface area contributed by atoms with Crippen molar-refractivity contribution in [1.82, 2.24) is 0 Å². The van der Waals surface area contributed by atoms with Crippen molar-refractivity contribution < 1.29 is 46.5 Å². The van der Waals surface area contributed by atoms with E-state index in [9.17, 15) is 18.9 Å². The van der Waals surface area contributed by atoms with E-state index in [1.54, 1.807) is 121 Å². The highest BCUT2D eigenvalue weighted by molar-refractivity contribution is 7.48. The van der Waals surface area contributed by atoms with Gasteiger partial charge in [-0.1, -0.05) is 72.8 Å². The molecule has 0 amide bonds. The first-order valence-corrected chi connectivity index (χ1v) is 14.1. The summed E-state index contributed by atoms with van der Waals surface area (Å²) in [5.74, 6) is 1.15. The third-order valence-corrected chi connectivity index (χ3v) is 5.62. The van der Waals surface area contributed by atoms with Crippen molar-refractivity contribution in [1.29, 1.82) is 0 Å². The first-order chi connectivity index (χ1) is 17.7. The number of phosphoric acid groups is 2. The first kappa shape index (κ1) is 29.7. The molecule has 0 aliphatic carbocycles. The van der Waals surface area contributed by atoms with Crippen LogP contribution in [-0.4, -0.2) is 14.7 Å². The van der Waals surface area contributed by atoms with Gasteiger partial charge in [0.15, 0.2) is 0 Å². The number of benzene rings is 4. The molecule has 37 heavy (non-hydrogen) atoms. The van der Waals surface area contributed by atoms with E-state index < -0.39 is 24.3 Å². The Kier molecular flexibility index (Phi) is 12.5. The van der Waals surface area contributed by atoms with Gasteiger partial charge in [0, 0.05) is 0 Å². The molecule has 10 nitrogen and oxygen atoms in total. The van der Waals surface area contributed by atoms with Crippen molar-refractivity contribution in [2.75, 3.05) is 0 Å². The Hall–Kier alpha value is -3.48. The summed E-state index contributed by atoms with van der Waals surface area (Å²) in [6.45, 7) is 0. The van der Waals surface area contributed by atoms with Crippen molar-refractivity contribution in [2.24, 2.45) is 0 Å². The normalized spacial score (nSPS) is 10.6. The second-order valence-corrected chi connectivity index (χ2v) is 9.40. The zero-order chi connectivity index (χ0) is 27.0. The maximum Gasteiger partial charge on any atom is 0.584 e. The van der Waals surface area contributed by atoms with Gasteiger partial charge in [-0.25, -0.2) is 13.7 Å². The average molecular weight is 564 g/mol. The van der Waals surface area contributed by atoms with Crippen LogP contribution < -0.4 is 18.1 Å². The van der Waals surface area contributed by atoms with Crippen LogP contribution in [0.2, 0.25) is 0 Å². The summed E-state index contributed by atoms with van der Waals surface area (Å²) >= 11 is 0. The zero-order valence-electron chi connectivity index (χ0n) is 19.1. The molecule has 0 aliphatic heterocycles. The molecule has 0 saturated carbocycles. The lowest BCUT2D eigenvalue weighted by molar-refractivity contribution is 0.289. The summed E-state index contributed by atoms with van der Waals surface area (Å²) in [6.07, 6.45) is 0. The predicted octanol–water partition coefficient (Wildman–Crippen LogP) is 6.68. The van der Waals surface area contributed by atoms with Crippen molar-refractivity contribution in [3.05, 3.63) is 121 Å². The Balaban J connectivity index is 0.000000235. The lowest BCUT2D eigenvalue weighted by Crippen LogP contribution is -1.99. The van der Waals surface area contributed by atoms with E-state index >= 15 is 0 Å². The lowest BCUT2D eigenvalue weighted by atomic mass is 10.3. The third kappa shape index (κ3) is 12.9. The molecule has 0 unspecified atom stereocenters. The van der Waals surface area contributed by atoms with Crippen molar-refractivity contribution >= 4 is 24.3 Å². The van der Waals surface area contributed by atoms with Crippen LogP contribution in [0.15, 0.2) is 121 Å². The van der Waals surface area contributed by atoms with Crippen LogP contribution >= 0.6 is 24.3 Å². The summed E-state index contributed by atoms with van der Waals surface area (Å²) in [5.41, 5.74) is 0. The minimum absolute atomic E-state index is 0.286. The smallest absolute Gasteiger partial charge is 0.395 e. The molecule has 0 fully saturated rings. The number of rotatable bonds is 8. The fourth-order valence-electron chi connectivity index (χ4n) is 2.50. The van der Waals surface area contributed by atoms with Gasteiger partial charge in [0.05, 0.1) is 0 Å². The van der Waals surface area contributed by atoms with Gasteiger partial charge in [-0.05, 0) is 48.5 Å². The van der Waals surface area contributed by atoms with Crippen LogP contribution in [0.4, 0.5) is 0 Å². The van der Waals surface area contributed by atoms with Crippen LogP contribution in [0.5, 0.6) is 23.0 Å². The minimum atomic E-state index is -4.14. The highest BCUT2D eigenvalue weighted by Gasteiger charge is 2.25. The Morgan fingerprint density at radius 2 is 0.622 bits per heavy atom. The number of hydrogen-bond donors (Lipinski definition) is 3. The van der Waals surface area contributed by atoms with Gasteiger partial charge in [-0.3, -0.25) is 9.79 Å². The molecule has 0 spiro atoms. The molecule has 0 atom stereocenters. The highest BCUT2D eigenvalue weighted by Crippen LogP contribution is 2.45. The molecule has 0 saturated heterocycles. The Bertz CT molecular complexity index is 1090. The van der Waals surface area contributed by atoms with Gasteiger partial charge in [-0.15, -0.1) is 0 Å². The van der Waals surface area contributed by atoms with E-state index in [1.165, 1.54) is 0 Å². The fourth-order valence-corrected chi connectivity index (χ4v) is 4.12. The van der Waals surface area contributed by atoms with E-state index in [2.05, 4.69) is 0 Å². The van der Waals surface area contributed by atoms with Crippen LogP contribution in [0.3, 0.4) is 0 Å². The molecule has 0 aliphatic rings. The molecular weight excluding hydrogens is 541 g/mol. The Morgan fingerprint density at radius 1 is 0.459 bits per heavy atom. The fraction of sp³-hybridized carbons (Fsp3) is 0. The van der Waals surface area contributed by atoms with Crippen LogP contribution in [0.1, 0.15) is 0 Å². The predicted molar refractivity (Wildman–Crippen MR) is 138 cm³/mol. The molecule has 0 radical (unpaired) electrons. The molecule has 194 valence electrons. The minimum Gasteiger partial charge on any atom is -0.395 e. The number of para-hydroxylation sites is 4. The van der Waals surface area contributed by atoms with Gasteiger partial charge in [0.25, 0.3) is 0 Å². The van der Waals surface area contributed by atoms with Gasteiger partial charge in [0.1, 0.15) is 23.0 Å². The SMILES string of the molecule is O=P(O)(Oc1ccccc1)Oc1ccccc1.O=P(O)(Oc1ccccc1)Oc1ccccc1.O=PO. The van der Waals surface area contributed by atoms with E-state index in [0.29, 0.717) is 0 Å². The first-order valence-electron chi connectivity index (χ1n) is 10.3. The van der Waals surface area contributed by atoms with Crippen molar-refractivity contribution in [3.63, 3.8) is 0 Å². The maximum absolute atomic E-state index is 11.7. The second kappa shape index (κ2) is 15.6. The standard InChI is InChI=1S/2C12H11O4P.HO2P/c2*13-17(14,15-11-7-3-1-4-8-11)16-12-9-5-2-6-10-12;1-3-2/h2*1-10H,(H,13,14);(H,1,2). The van der Waals surface area contributed by atoms with Crippen LogP contribution in [-0.2, 0) is 13.7 Å². The molecule has 4 aromatic carbocycles. The number of hydrogen-bond acceptors (Lipinski definition) is 7. The molecule has 4 aromatic rings. The van der Waals surface area contributed by atoms with Crippen LogP contribution in [0.25, 0.3) is 0 Å². The van der Waals surface area contributed by atoms with E-state index in [4.69, 9.17) is 27.6 Å². The maximum atomic E-state index is 11.7. The van der Waals surface area contributed by atoms with E-state index in [-0.39, 0.29) is 23.0 Å². The summed E-state index contributed by atoms with van der Waals surface area (Å²) in [6, 6.07) is 33.4. The quantitative estimate of drug-likeness (QED) is 0.198. The summed E-state index contributed by atoms with van der Waals surface area (Å²) < 4.78 is 51.4. The summed E-state index contributed by atoms with van der Waals surface area (Å²) in [4.78, 5) is 26.1. The Morgan fingerprint density at radius 3 is 0.784 bits per heavy atom. The third-order valence-electron chi connectivity index (χ3n) is 3.86. The molecule has 4 rings (SSSR count). The number of phosphoric ester groups is 2. The summed E-state index contributed by atoms with van der Waals surface area (Å²) in [7, 11) is -9.11. The molecule has 0 bridgehead atoms. The van der Waals surface area contributed by atoms with Crippen LogP contribution in [0, 0.1) is 0 Å². The molecular formula is C24H23O10P3. The van der Waals surface area contributed by atoms with Gasteiger partial charge < -0.3 is 23.0 Å². The molecule has 3 N–H and O–H groups in total. The highest BCUT2D eigenvalue weighted by atomic mass is 31.2. The largest absolute Gasteiger partial charge is 0.584 e. The Labute approximate surface area is 215 Å². The molecule has 0 heterocycles.